The van der Waals surface area contributed by atoms with Gasteiger partial charge in [-0.05, 0) is 56.8 Å². The normalized spacial score (nSPS) is 37.3. The molecule has 2 saturated carbocycles. The lowest BCUT2D eigenvalue weighted by atomic mass is 9.87. The van der Waals surface area contributed by atoms with Crippen LogP contribution >= 0.6 is 0 Å². The first kappa shape index (κ1) is 13.9. The van der Waals surface area contributed by atoms with Crippen LogP contribution in [-0.2, 0) is 0 Å². The number of piperazine rings is 1. The minimum atomic E-state index is 0.341. The van der Waals surface area contributed by atoms with Crippen LogP contribution in [0.4, 0.5) is 0 Å². The highest BCUT2D eigenvalue weighted by molar-refractivity contribution is 5.04. The largest absolute Gasteiger partial charge is 0.309 e. The van der Waals surface area contributed by atoms with Crippen LogP contribution in [0.5, 0.6) is 0 Å². The van der Waals surface area contributed by atoms with Crippen molar-refractivity contribution in [2.75, 3.05) is 13.1 Å². The van der Waals surface area contributed by atoms with Crippen LogP contribution in [0.3, 0.4) is 0 Å². The molecule has 19 heavy (non-hydrogen) atoms. The molecule has 0 amide bonds. The number of nitrogens with zero attached hydrogens (tertiary/aromatic N) is 1. The van der Waals surface area contributed by atoms with Crippen molar-refractivity contribution in [1.82, 2.24) is 10.2 Å². The highest BCUT2D eigenvalue weighted by Gasteiger charge is 2.49. The zero-order valence-electron chi connectivity index (χ0n) is 13.3. The molecule has 0 radical (unpaired) electrons. The van der Waals surface area contributed by atoms with Crippen molar-refractivity contribution in [3.63, 3.8) is 0 Å². The fraction of sp³-hybridized carbons (Fsp3) is 1.00. The Hall–Kier alpha value is -0.0800. The summed E-state index contributed by atoms with van der Waals surface area (Å²) in [7, 11) is 0. The standard InChI is InChI=1S/C17H32N2/c1-5-17(4)11-19(15(10-18-17)12(2)3)16(13-6-7-13)14-8-9-14/h12-16,18H,5-11H2,1-4H3. The maximum Gasteiger partial charge on any atom is 0.0278 e. The second-order valence-corrected chi connectivity index (χ2v) is 7.94. The third kappa shape index (κ3) is 2.85. The van der Waals surface area contributed by atoms with E-state index in [9.17, 15) is 0 Å². The van der Waals surface area contributed by atoms with Gasteiger partial charge in [0.15, 0.2) is 0 Å². The SMILES string of the molecule is CCC1(C)CN(C(C2CC2)C2CC2)C(C(C)C)CN1. The summed E-state index contributed by atoms with van der Waals surface area (Å²) in [6.45, 7) is 12.0. The maximum absolute atomic E-state index is 3.84. The molecule has 1 aliphatic heterocycles. The first-order valence-corrected chi connectivity index (χ1v) is 8.55. The average molecular weight is 264 g/mol. The quantitative estimate of drug-likeness (QED) is 0.820. The number of hydrogen-bond acceptors (Lipinski definition) is 2. The second kappa shape index (κ2) is 5.04. The van der Waals surface area contributed by atoms with Gasteiger partial charge < -0.3 is 5.32 Å². The first-order chi connectivity index (χ1) is 9.04. The van der Waals surface area contributed by atoms with E-state index in [0.29, 0.717) is 5.54 Å². The molecule has 0 spiro atoms. The van der Waals surface area contributed by atoms with E-state index >= 15 is 0 Å². The molecule has 3 aliphatic rings. The van der Waals surface area contributed by atoms with Gasteiger partial charge in [-0.25, -0.2) is 0 Å². The molecule has 0 bridgehead atoms. The summed E-state index contributed by atoms with van der Waals surface area (Å²) in [4.78, 5) is 2.94. The summed E-state index contributed by atoms with van der Waals surface area (Å²) in [5.41, 5.74) is 0.341. The number of hydrogen-bond donors (Lipinski definition) is 1. The van der Waals surface area contributed by atoms with E-state index in [0.717, 1.165) is 29.8 Å². The van der Waals surface area contributed by atoms with E-state index < -0.39 is 0 Å². The third-order valence-corrected chi connectivity index (χ3v) is 5.84. The zero-order chi connectivity index (χ0) is 13.6. The number of rotatable bonds is 5. The van der Waals surface area contributed by atoms with Crippen molar-refractivity contribution in [3.05, 3.63) is 0 Å². The summed E-state index contributed by atoms with van der Waals surface area (Å²) in [6, 6.07) is 1.67. The predicted octanol–water partition coefficient (Wildman–Crippen LogP) is 3.27. The third-order valence-electron chi connectivity index (χ3n) is 5.84. The van der Waals surface area contributed by atoms with Crippen LogP contribution in [0.25, 0.3) is 0 Å². The van der Waals surface area contributed by atoms with E-state index in [-0.39, 0.29) is 0 Å². The molecular formula is C17H32N2. The highest BCUT2D eigenvalue weighted by Crippen LogP contribution is 2.48. The van der Waals surface area contributed by atoms with E-state index in [1.54, 1.807) is 0 Å². The predicted molar refractivity (Wildman–Crippen MR) is 81.3 cm³/mol. The lowest BCUT2D eigenvalue weighted by molar-refractivity contribution is 0.00862. The zero-order valence-corrected chi connectivity index (χ0v) is 13.3. The van der Waals surface area contributed by atoms with Crippen molar-refractivity contribution in [2.24, 2.45) is 17.8 Å². The molecule has 2 aliphatic carbocycles. The van der Waals surface area contributed by atoms with Crippen molar-refractivity contribution < 1.29 is 0 Å². The Morgan fingerprint density at radius 2 is 1.74 bits per heavy atom. The molecule has 110 valence electrons. The molecule has 0 aromatic heterocycles. The molecule has 1 heterocycles. The highest BCUT2D eigenvalue weighted by atomic mass is 15.3. The van der Waals surface area contributed by atoms with E-state index in [2.05, 4.69) is 37.9 Å². The van der Waals surface area contributed by atoms with Crippen LogP contribution < -0.4 is 5.32 Å². The maximum atomic E-state index is 3.84. The number of nitrogens with one attached hydrogen (secondary N) is 1. The van der Waals surface area contributed by atoms with Crippen LogP contribution in [0.15, 0.2) is 0 Å². The molecule has 3 fully saturated rings. The average Bonchev–Trinajstić information content (AvgIpc) is 3.23. The van der Waals surface area contributed by atoms with E-state index in [4.69, 9.17) is 0 Å². The molecule has 1 N–H and O–H groups in total. The molecule has 0 aromatic carbocycles. The van der Waals surface area contributed by atoms with Gasteiger partial charge in [0, 0.05) is 30.7 Å². The minimum absolute atomic E-state index is 0.341. The summed E-state index contributed by atoms with van der Waals surface area (Å²) in [6.07, 6.45) is 7.24. The smallest absolute Gasteiger partial charge is 0.0278 e. The molecule has 0 aromatic rings. The molecular weight excluding hydrogens is 232 g/mol. The molecule has 2 unspecified atom stereocenters. The van der Waals surface area contributed by atoms with Gasteiger partial charge in [0.25, 0.3) is 0 Å². The van der Waals surface area contributed by atoms with Gasteiger partial charge in [0.1, 0.15) is 0 Å². The Bertz CT molecular complexity index is 307. The molecule has 2 atom stereocenters. The fourth-order valence-electron chi connectivity index (χ4n) is 4.03. The van der Waals surface area contributed by atoms with Gasteiger partial charge in [0.2, 0.25) is 0 Å². The summed E-state index contributed by atoms with van der Waals surface area (Å²) >= 11 is 0. The second-order valence-electron chi connectivity index (χ2n) is 7.94. The van der Waals surface area contributed by atoms with Crippen molar-refractivity contribution in [1.29, 1.82) is 0 Å². The van der Waals surface area contributed by atoms with Gasteiger partial charge in [0.05, 0.1) is 0 Å². The molecule has 3 rings (SSSR count). The summed E-state index contributed by atoms with van der Waals surface area (Å²) in [5.74, 6) is 2.84. The Morgan fingerprint density at radius 1 is 1.16 bits per heavy atom. The van der Waals surface area contributed by atoms with E-state index in [1.807, 2.05) is 0 Å². The van der Waals surface area contributed by atoms with Crippen LogP contribution in [0.2, 0.25) is 0 Å². The summed E-state index contributed by atoms with van der Waals surface area (Å²) in [5, 5.41) is 3.84. The Balaban J connectivity index is 1.79. The molecule has 1 saturated heterocycles. The lowest BCUT2D eigenvalue weighted by Crippen LogP contribution is -2.66. The van der Waals surface area contributed by atoms with Crippen LogP contribution in [-0.4, -0.2) is 35.6 Å². The monoisotopic (exact) mass is 264 g/mol. The van der Waals surface area contributed by atoms with Gasteiger partial charge in [-0.15, -0.1) is 0 Å². The Kier molecular flexibility index (Phi) is 3.68. The summed E-state index contributed by atoms with van der Waals surface area (Å²) < 4.78 is 0. The van der Waals surface area contributed by atoms with Crippen LogP contribution in [0.1, 0.15) is 59.8 Å². The Morgan fingerprint density at radius 3 is 2.16 bits per heavy atom. The van der Waals surface area contributed by atoms with Crippen molar-refractivity contribution in [2.45, 2.75) is 77.4 Å². The van der Waals surface area contributed by atoms with Gasteiger partial charge in [-0.3, -0.25) is 4.90 Å². The van der Waals surface area contributed by atoms with Gasteiger partial charge >= 0.3 is 0 Å². The molecule has 2 heteroatoms. The molecule has 2 nitrogen and oxygen atoms in total. The first-order valence-electron chi connectivity index (χ1n) is 8.55. The van der Waals surface area contributed by atoms with Crippen molar-refractivity contribution >= 4 is 0 Å². The minimum Gasteiger partial charge on any atom is -0.309 e. The van der Waals surface area contributed by atoms with Gasteiger partial charge in [-0.1, -0.05) is 20.8 Å². The van der Waals surface area contributed by atoms with E-state index in [1.165, 1.54) is 45.2 Å². The fourth-order valence-corrected chi connectivity index (χ4v) is 4.03. The van der Waals surface area contributed by atoms with Gasteiger partial charge in [-0.2, -0.15) is 0 Å². The lowest BCUT2D eigenvalue weighted by Gasteiger charge is -2.51. The van der Waals surface area contributed by atoms with Crippen LogP contribution in [0, 0.1) is 17.8 Å². The topological polar surface area (TPSA) is 15.3 Å². The Labute approximate surface area is 119 Å². The van der Waals surface area contributed by atoms with Crippen molar-refractivity contribution in [3.8, 4) is 0 Å².